The van der Waals surface area contributed by atoms with Crippen molar-refractivity contribution in [1.29, 1.82) is 0 Å². The van der Waals surface area contributed by atoms with Gasteiger partial charge in [-0.05, 0) is 24.3 Å². The lowest BCUT2D eigenvalue weighted by Crippen LogP contribution is -2.30. The minimum absolute atomic E-state index is 0.193. The number of carbonyl (C=O) groups excluding carboxylic acids is 1. The van der Waals surface area contributed by atoms with Crippen LogP contribution >= 0.6 is 0 Å². The van der Waals surface area contributed by atoms with Gasteiger partial charge in [-0.1, -0.05) is 18.7 Å². The fourth-order valence-corrected chi connectivity index (χ4v) is 2.65. The van der Waals surface area contributed by atoms with Crippen molar-refractivity contribution in [2.24, 2.45) is 4.99 Å². The standard InChI is InChI=1S/C20H21N5O3/c1-12(20(26)22-3)16-18(19(21-2)24-15-10-5-6-11-23-15)28-14-9-7-8-13(27-4)17(14)25-16/h5-11,25H,1H2,2-4H3,(H,22,26)(H,21,23,24). The van der Waals surface area contributed by atoms with Gasteiger partial charge in [-0.15, -0.1) is 0 Å². The first-order valence-electron chi connectivity index (χ1n) is 8.51. The molecule has 1 aromatic carbocycles. The molecule has 1 aromatic heterocycles. The van der Waals surface area contributed by atoms with Crippen molar-refractivity contribution >= 4 is 23.2 Å². The van der Waals surface area contributed by atoms with Crippen molar-refractivity contribution in [3.63, 3.8) is 0 Å². The average Bonchev–Trinajstić information content (AvgIpc) is 2.75. The van der Waals surface area contributed by atoms with E-state index in [-0.39, 0.29) is 11.5 Å². The van der Waals surface area contributed by atoms with E-state index < -0.39 is 0 Å². The van der Waals surface area contributed by atoms with Crippen LogP contribution in [0.1, 0.15) is 0 Å². The number of ether oxygens (including phenoxy) is 2. The zero-order valence-electron chi connectivity index (χ0n) is 15.9. The van der Waals surface area contributed by atoms with Crippen LogP contribution in [0.3, 0.4) is 0 Å². The van der Waals surface area contributed by atoms with Crippen LogP contribution in [0.25, 0.3) is 0 Å². The monoisotopic (exact) mass is 379 g/mol. The number of hydrogen-bond donors (Lipinski definition) is 3. The Morgan fingerprint density at radius 3 is 2.75 bits per heavy atom. The topological polar surface area (TPSA) is 96.9 Å². The lowest BCUT2D eigenvalue weighted by molar-refractivity contribution is -0.116. The summed E-state index contributed by atoms with van der Waals surface area (Å²) in [5, 5.41) is 8.89. The van der Waals surface area contributed by atoms with Gasteiger partial charge in [0.25, 0.3) is 5.91 Å². The van der Waals surface area contributed by atoms with Crippen LogP contribution in [0.15, 0.2) is 71.2 Å². The number of rotatable bonds is 5. The summed E-state index contributed by atoms with van der Waals surface area (Å²) in [5.41, 5.74) is 1.17. The highest BCUT2D eigenvalue weighted by atomic mass is 16.5. The maximum atomic E-state index is 12.2. The summed E-state index contributed by atoms with van der Waals surface area (Å²) in [7, 11) is 4.71. The van der Waals surface area contributed by atoms with Gasteiger partial charge in [0, 0.05) is 20.3 Å². The maximum Gasteiger partial charge on any atom is 0.252 e. The highest BCUT2D eigenvalue weighted by Crippen LogP contribution is 2.41. The molecule has 0 saturated heterocycles. The number of nitrogens with zero attached hydrogens (tertiary/aromatic N) is 2. The van der Waals surface area contributed by atoms with Gasteiger partial charge in [-0.3, -0.25) is 9.79 Å². The van der Waals surface area contributed by atoms with Crippen LogP contribution in [-0.4, -0.2) is 37.9 Å². The Bertz CT molecular complexity index is 967. The molecule has 3 rings (SSSR count). The van der Waals surface area contributed by atoms with E-state index in [1.165, 1.54) is 7.05 Å². The minimum atomic E-state index is -0.352. The Morgan fingerprint density at radius 1 is 1.29 bits per heavy atom. The molecule has 8 nitrogen and oxygen atoms in total. The summed E-state index contributed by atoms with van der Waals surface area (Å²) in [6.45, 7) is 3.90. The molecule has 0 aliphatic carbocycles. The van der Waals surface area contributed by atoms with Crippen molar-refractivity contribution < 1.29 is 14.3 Å². The second-order valence-corrected chi connectivity index (χ2v) is 5.73. The molecule has 144 valence electrons. The quantitative estimate of drug-likeness (QED) is 0.420. The number of amidine groups is 1. The summed E-state index contributed by atoms with van der Waals surface area (Å²) in [5.74, 6) is 2.05. The number of benzene rings is 1. The molecule has 0 bridgehead atoms. The van der Waals surface area contributed by atoms with Crippen LogP contribution in [0.5, 0.6) is 11.5 Å². The minimum Gasteiger partial charge on any atom is -0.494 e. The molecule has 1 aliphatic rings. The van der Waals surface area contributed by atoms with Gasteiger partial charge in [-0.2, -0.15) is 0 Å². The number of aliphatic imine (C=N–C) groups is 1. The zero-order valence-corrected chi connectivity index (χ0v) is 15.9. The summed E-state index contributed by atoms with van der Waals surface area (Å²) in [6.07, 6.45) is 1.66. The fourth-order valence-electron chi connectivity index (χ4n) is 2.65. The van der Waals surface area contributed by atoms with Crippen molar-refractivity contribution in [1.82, 2.24) is 10.3 Å². The van der Waals surface area contributed by atoms with E-state index >= 15 is 0 Å². The number of fused-ring (bicyclic) bond motifs is 1. The van der Waals surface area contributed by atoms with E-state index in [1.807, 2.05) is 18.2 Å². The molecule has 3 N–H and O–H groups in total. The van der Waals surface area contributed by atoms with Crippen LogP contribution < -0.4 is 25.4 Å². The van der Waals surface area contributed by atoms with Gasteiger partial charge in [-0.25, -0.2) is 4.98 Å². The third-order valence-corrected chi connectivity index (χ3v) is 4.05. The molecule has 0 fully saturated rings. The second-order valence-electron chi connectivity index (χ2n) is 5.73. The zero-order chi connectivity index (χ0) is 20.1. The number of methoxy groups -OCH3 is 1. The van der Waals surface area contributed by atoms with Crippen LogP contribution in [-0.2, 0) is 4.79 Å². The Kier molecular flexibility index (Phi) is 5.59. The molecular weight excluding hydrogens is 358 g/mol. The first-order valence-corrected chi connectivity index (χ1v) is 8.51. The van der Waals surface area contributed by atoms with Gasteiger partial charge in [0.15, 0.2) is 17.3 Å². The highest BCUT2D eigenvalue weighted by molar-refractivity contribution is 6.10. The molecule has 1 amide bonds. The van der Waals surface area contributed by atoms with E-state index in [9.17, 15) is 4.79 Å². The number of carbonyl (C=O) groups is 1. The lowest BCUT2D eigenvalue weighted by atomic mass is 10.1. The first kappa shape index (κ1) is 19.0. The van der Waals surface area contributed by atoms with Gasteiger partial charge >= 0.3 is 0 Å². The average molecular weight is 379 g/mol. The molecule has 1 aliphatic heterocycles. The van der Waals surface area contributed by atoms with Gasteiger partial charge < -0.3 is 25.4 Å². The molecule has 0 spiro atoms. The van der Waals surface area contributed by atoms with Gasteiger partial charge in [0.1, 0.15) is 17.3 Å². The van der Waals surface area contributed by atoms with E-state index in [2.05, 4.69) is 32.5 Å². The van der Waals surface area contributed by atoms with Crippen LogP contribution in [0.2, 0.25) is 0 Å². The Hall–Kier alpha value is -3.81. The van der Waals surface area contributed by atoms with Crippen molar-refractivity contribution in [2.75, 3.05) is 31.8 Å². The summed E-state index contributed by atoms with van der Waals surface area (Å²) in [6, 6.07) is 10.9. The highest BCUT2D eigenvalue weighted by Gasteiger charge is 2.29. The summed E-state index contributed by atoms with van der Waals surface area (Å²) in [4.78, 5) is 20.8. The molecule has 2 heterocycles. The number of nitrogens with one attached hydrogen (secondary N) is 3. The maximum absolute atomic E-state index is 12.2. The van der Waals surface area contributed by atoms with Gasteiger partial charge in [0.05, 0.1) is 18.4 Å². The summed E-state index contributed by atoms with van der Waals surface area (Å²) >= 11 is 0. The predicted octanol–water partition coefficient (Wildman–Crippen LogP) is 2.55. The SMILES string of the molecule is C=C(C(=O)NC)C1=C(C(=NC)Nc2ccccn2)Oc2cccc(OC)c2N1. The molecule has 28 heavy (non-hydrogen) atoms. The smallest absolute Gasteiger partial charge is 0.252 e. The summed E-state index contributed by atoms with van der Waals surface area (Å²) < 4.78 is 11.5. The largest absolute Gasteiger partial charge is 0.494 e. The Labute approximate surface area is 163 Å². The Morgan fingerprint density at radius 2 is 2.11 bits per heavy atom. The second kappa shape index (κ2) is 8.26. The normalized spacial score (nSPS) is 13.0. The third-order valence-electron chi connectivity index (χ3n) is 4.05. The molecule has 0 unspecified atom stereocenters. The first-order chi connectivity index (χ1) is 13.6. The van der Waals surface area contributed by atoms with Crippen molar-refractivity contribution in [3.8, 4) is 11.5 Å². The molecule has 8 heteroatoms. The van der Waals surface area contributed by atoms with E-state index in [4.69, 9.17) is 9.47 Å². The number of hydrogen-bond acceptors (Lipinski definition) is 6. The lowest BCUT2D eigenvalue weighted by Gasteiger charge is -2.27. The number of amides is 1. The predicted molar refractivity (Wildman–Crippen MR) is 109 cm³/mol. The number of anilines is 2. The number of aromatic nitrogens is 1. The van der Waals surface area contributed by atoms with Crippen LogP contribution in [0.4, 0.5) is 11.5 Å². The third kappa shape index (κ3) is 3.66. The van der Waals surface area contributed by atoms with E-state index in [0.717, 1.165) is 0 Å². The number of para-hydroxylation sites is 1. The van der Waals surface area contributed by atoms with E-state index in [1.54, 1.807) is 38.6 Å². The van der Waals surface area contributed by atoms with Crippen LogP contribution in [0, 0.1) is 0 Å². The fraction of sp³-hybridized carbons (Fsp3) is 0.150. The van der Waals surface area contributed by atoms with E-state index in [0.29, 0.717) is 40.3 Å². The molecule has 0 saturated carbocycles. The molecular formula is C20H21N5O3. The van der Waals surface area contributed by atoms with Crippen molar-refractivity contribution in [3.05, 3.63) is 66.2 Å². The number of pyridine rings is 1. The van der Waals surface area contributed by atoms with Crippen molar-refractivity contribution in [2.45, 2.75) is 0 Å². The molecule has 0 atom stereocenters. The Balaban J connectivity index is 2.08. The molecule has 0 radical (unpaired) electrons. The number of likely N-dealkylation sites (N-methyl/N-ethyl adjacent to an activating group) is 1. The van der Waals surface area contributed by atoms with Gasteiger partial charge in [0.2, 0.25) is 0 Å². The molecule has 2 aromatic rings.